The molecule has 3 unspecified atom stereocenters. The highest BCUT2D eigenvalue weighted by Crippen LogP contribution is 2.57. The molecule has 1 saturated carbocycles. The predicted molar refractivity (Wildman–Crippen MR) is 198 cm³/mol. The van der Waals surface area contributed by atoms with Crippen LogP contribution in [0.5, 0.6) is 5.75 Å². The Bertz CT molecular complexity index is 1650. The van der Waals surface area contributed by atoms with Gasteiger partial charge in [-0.3, -0.25) is 9.88 Å². The van der Waals surface area contributed by atoms with Gasteiger partial charge in [-0.15, -0.1) is 6.58 Å². The summed E-state index contributed by atoms with van der Waals surface area (Å²) in [6, 6.07) is 16.2. The van der Waals surface area contributed by atoms with Gasteiger partial charge in [-0.25, -0.2) is 0 Å². The van der Waals surface area contributed by atoms with Gasteiger partial charge in [0.05, 0.1) is 18.7 Å². The molecule has 8 rings (SSSR count). The van der Waals surface area contributed by atoms with Gasteiger partial charge < -0.3 is 15.4 Å². The van der Waals surface area contributed by atoms with Crippen LogP contribution >= 0.6 is 12.2 Å². The van der Waals surface area contributed by atoms with Crippen LogP contribution in [0.4, 0.5) is 0 Å². The van der Waals surface area contributed by atoms with Crippen LogP contribution in [0.15, 0.2) is 61.3 Å². The molecule has 6 heteroatoms. The minimum absolute atomic E-state index is 0.0438. The molecule has 47 heavy (non-hydrogen) atoms. The summed E-state index contributed by atoms with van der Waals surface area (Å²) >= 11 is 6.20. The molecule has 0 amide bonds. The van der Waals surface area contributed by atoms with Crippen molar-refractivity contribution >= 4 is 28.2 Å². The Morgan fingerprint density at radius 2 is 2.00 bits per heavy atom. The van der Waals surface area contributed by atoms with Crippen LogP contribution in [-0.2, 0) is 11.8 Å². The van der Waals surface area contributed by atoms with Crippen molar-refractivity contribution in [3.05, 3.63) is 83.6 Å². The number of thiocarbonyl (C=S) groups is 1. The summed E-state index contributed by atoms with van der Waals surface area (Å²) in [5.74, 6) is 3.28. The van der Waals surface area contributed by atoms with E-state index in [9.17, 15) is 0 Å². The molecule has 2 bridgehead atoms. The molecular weight excluding hydrogens is 597 g/mol. The second-order valence-corrected chi connectivity index (χ2v) is 16.3. The first-order chi connectivity index (χ1) is 22.6. The Hall–Kier alpha value is -2.96. The molecule has 1 aromatic heterocycles. The lowest BCUT2D eigenvalue weighted by Crippen LogP contribution is -2.59. The number of benzene rings is 2. The minimum Gasteiger partial charge on any atom is -0.497 e. The summed E-state index contributed by atoms with van der Waals surface area (Å²) in [7, 11) is 1.73. The van der Waals surface area contributed by atoms with E-state index in [4.69, 9.17) is 21.9 Å². The summed E-state index contributed by atoms with van der Waals surface area (Å²) in [4.78, 5) is 7.40. The maximum Gasteiger partial charge on any atom is 0.166 e. The van der Waals surface area contributed by atoms with Crippen LogP contribution in [0.3, 0.4) is 0 Å². The highest BCUT2D eigenvalue weighted by molar-refractivity contribution is 7.80. The first kappa shape index (κ1) is 32.6. The maximum atomic E-state index is 6.20. The monoisotopic (exact) mass is 650 g/mol. The summed E-state index contributed by atoms with van der Waals surface area (Å²) in [6.45, 7) is 17.0. The van der Waals surface area contributed by atoms with Crippen molar-refractivity contribution in [2.75, 3.05) is 26.7 Å². The number of methoxy groups -OCH3 is 1. The van der Waals surface area contributed by atoms with Gasteiger partial charge >= 0.3 is 0 Å². The zero-order chi connectivity index (χ0) is 32.9. The van der Waals surface area contributed by atoms with Crippen molar-refractivity contribution in [3.8, 4) is 5.75 Å². The SMILES string of the molecule is C=C[C@H]1CN2CCC1C[C@H]2C(NC(=S)NC[C@]1(C)CCC[C@]2(C)c3ccc(C(C)C)cc3CC[C@@H]12)c1ccnc2ccc(OC)cc12. The van der Waals surface area contributed by atoms with E-state index in [-0.39, 0.29) is 16.9 Å². The largest absolute Gasteiger partial charge is 0.497 e. The van der Waals surface area contributed by atoms with Crippen LogP contribution in [0, 0.1) is 23.2 Å². The lowest BCUT2D eigenvalue weighted by Gasteiger charge is -2.56. The van der Waals surface area contributed by atoms with Crippen molar-refractivity contribution in [3.63, 3.8) is 0 Å². The van der Waals surface area contributed by atoms with E-state index in [2.05, 4.69) is 92.3 Å². The second kappa shape index (κ2) is 12.8. The number of ether oxygens (including phenoxy) is 1. The molecule has 0 spiro atoms. The van der Waals surface area contributed by atoms with Crippen LogP contribution in [-0.4, -0.2) is 47.8 Å². The molecule has 2 aliphatic carbocycles. The first-order valence-corrected chi connectivity index (χ1v) is 18.5. The molecule has 2 aromatic carbocycles. The average Bonchev–Trinajstić information content (AvgIpc) is 3.09. The van der Waals surface area contributed by atoms with E-state index >= 15 is 0 Å². The lowest BCUT2D eigenvalue weighted by molar-refractivity contribution is 0.00407. The number of piperidine rings is 3. The molecule has 3 saturated heterocycles. The van der Waals surface area contributed by atoms with Crippen molar-refractivity contribution < 1.29 is 4.74 Å². The van der Waals surface area contributed by atoms with Crippen LogP contribution in [0.2, 0.25) is 0 Å². The minimum atomic E-state index is 0.0438. The number of rotatable bonds is 8. The van der Waals surface area contributed by atoms with E-state index in [0.29, 0.717) is 29.7 Å². The Morgan fingerprint density at radius 1 is 1.15 bits per heavy atom. The number of aromatic nitrogens is 1. The molecular formula is C41H54N4OS. The van der Waals surface area contributed by atoms with Gasteiger partial charge in [0, 0.05) is 30.7 Å². The number of pyridine rings is 1. The van der Waals surface area contributed by atoms with E-state index < -0.39 is 0 Å². The lowest BCUT2D eigenvalue weighted by atomic mass is 9.49. The zero-order valence-electron chi connectivity index (χ0n) is 29.1. The molecule has 0 radical (unpaired) electrons. The highest BCUT2D eigenvalue weighted by atomic mass is 32.1. The van der Waals surface area contributed by atoms with Gasteiger partial charge in [0.15, 0.2) is 5.11 Å². The summed E-state index contributed by atoms with van der Waals surface area (Å²) < 4.78 is 5.66. The number of hydrogen-bond donors (Lipinski definition) is 2. The Morgan fingerprint density at radius 3 is 2.74 bits per heavy atom. The molecule has 4 fully saturated rings. The highest BCUT2D eigenvalue weighted by Gasteiger charge is 2.52. The van der Waals surface area contributed by atoms with E-state index in [1.54, 1.807) is 18.2 Å². The van der Waals surface area contributed by atoms with Gasteiger partial charge in [0.1, 0.15) is 5.75 Å². The standard InChI is InChI=1S/C41H54N4OS/c1-7-27-24-45-20-16-29(27)22-36(45)38(32-15-19-42-35-13-11-31(46-6)23-33(32)35)44-39(47)43-25-40(4)17-8-18-41(5)34-12-9-28(26(2)3)21-30(34)10-14-37(40)41/h7,9,11-13,15,19,21,23,26-27,29,36-38H,1,8,10,14,16-18,20,22,24-25H2,2-6H3,(H2,43,44,47)/t27-,29?,36-,37-,38?,40-,41+/m0/s1. The molecule has 3 aliphatic heterocycles. The van der Waals surface area contributed by atoms with Gasteiger partial charge in [-0.1, -0.05) is 58.4 Å². The van der Waals surface area contributed by atoms with E-state index in [0.717, 1.165) is 47.8 Å². The predicted octanol–water partition coefficient (Wildman–Crippen LogP) is 8.48. The maximum absolute atomic E-state index is 6.20. The summed E-state index contributed by atoms with van der Waals surface area (Å²) in [5.41, 5.74) is 7.27. The molecule has 2 N–H and O–H groups in total. The van der Waals surface area contributed by atoms with E-state index in [1.165, 1.54) is 49.7 Å². The molecule has 5 aliphatic rings. The fraction of sp³-hybridized carbons (Fsp3) is 0.561. The number of nitrogens with zero attached hydrogens (tertiary/aromatic N) is 2. The molecule has 250 valence electrons. The Kier molecular flexibility index (Phi) is 8.88. The van der Waals surface area contributed by atoms with Crippen molar-refractivity contribution in [1.82, 2.24) is 20.5 Å². The summed E-state index contributed by atoms with van der Waals surface area (Å²) in [6.07, 6.45) is 12.7. The normalized spacial score (nSPS) is 31.9. The topological polar surface area (TPSA) is 49.4 Å². The van der Waals surface area contributed by atoms with Crippen molar-refractivity contribution in [1.29, 1.82) is 0 Å². The van der Waals surface area contributed by atoms with Crippen LogP contribution in [0.1, 0.15) is 100 Å². The van der Waals surface area contributed by atoms with Crippen LogP contribution in [0.25, 0.3) is 10.9 Å². The molecule has 3 aromatic rings. The van der Waals surface area contributed by atoms with Gasteiger partial charge in [0.25, 0.3) is 0 Å². The van der Waals surface area contributed by atoms with Crippen molar-refractivity contribution in [2.24, 2.45) is 23.2 Å². The quantitative estimate of drug-likeness (QED) is 0.188. The second-order valence-electron chi connectivity index (χ2n) is 15.9. The van der Waals surface area contributed by atoms with Crippen LogP contribution < -0.4 is 15.4 Å². The van der Waals surface area contributed by atoms with Gasteiger partial charge in [0.2, 0.25) is 0 Å². The Balaban J connectivity index is 1.14. The van der Waals surface area contributed by atoms with Gasteiger partial charge in [-0.2, -0.15) is 0 Å². The number of aryl methyl sites for hydroxylation is 1. The first-order valence-electron chi connectivity index (χ1n) is 18.1. The number of nitrogens with one attached hydrogen (secondary N) is 2. The third-order valence-corrected chi connectivity index (χ3v) is 13.2. The average molecular weight is 651 g/mol. The number of fused-ring (bicyclic) bond motifs is 7. The van der Waals surface area contributed by atoms with Gasteiger partial charge in [-0.05, 0) is 138 Å². The molecule has 8 atom stereocenters. The smallest absolute Gasteiger partial charge is 0.166 e. The molecule has 5 nitrogen and oxygen atoms in total. The zero-order valence-corrected chi connectivity index (χ0v) is 30.0. The molecule has 4 heterocycles. The van der Waals surface area contributed by atoms with E-state index in [1.807, 2.05) is 12.3 Å². The number of hydrogen-bond acceptors (Lipinski definition) is 4. The fourth-order valence-corrected chi connectivity index (χ4v) is 10.5. The third kappa shape index (κ3) is 5.88. The Labute approximate surface area is 287 Å². The van der Waals surface area contributed by atoms with Crippen molar-refractivity contribution in [2.45, 2.75) is 96.1 Å². The third-order valence-electron chi connectivity index (χ3n) is 13.0. The fourth-order valence-electron chi connectivity index (χ4n) is 10.3. The summed E-state index contributed by atoms with van der Waals surface area (Å²) in [5, 5.41) is 9.61.